The van der Waals surface area contributed by atoms with Crippen LogP contribution in [-0.2, 0) is 0 Å². The van der Waals surface area contributed by atoms with E-state index in [0.29, 0.717) is 23.1 Å². The molecular formula is C18H19F2N3O2. The first-order chi connectivity index (χ1) is 12.1. The lowest BCUT2D eigenvalue weighted by Crippen LogP contribution is -2.42. The van der Waals surface area contributed by atoms with E-state index in [-0.39, 0.29) is 11.7 Å². The minimum absolute atomic E-state index is 0.0438. The molecule has 7 heteroatoms. The average Bonchev–Trinajstić information content (AvgIpc) is 3.22. The Morgan fingerprint density at radius 1 is 1.16 bits per heavy atom. The first-order valence-electron chi connectivity index (χ1n) is 8.66. The van der Waals surface area contributed by atoms with Gasteiger partial charge in [0, 0.05) is 23.7 Å². The zero-order chi connectivity index (χ0) is 17.4. The van der Waals surface area contributed by atoms with Crippen molar-refractivity contribution in [1.29, 1.82) is 0 Å². The molecule has 0 radical (unpaired) electrons. The number of carbonyl (C=O) groups is 1. The highest BCUT2D eigenvalue weighted by molar-refractivity contribution is 5.95. The van der Waals surface area contributed by atoms with Crippen LogP contribution in [0.3, 0.4) is 0 Å². The lowest BCUT2D eigenvalue weighted by atomic mass is 9.78. The van der Waals surface area contributed by atoms with Crippen LogP contribution in [0.1, 0.15) is 54.8 Å². The van der Waals surface area contributed by atoms with E-state index in [2.05, 4.69) is 14.7 Å². The van der Waals surface area contributed by atoms with Gasteiger partial charge in [-0.25, -0.2) is 0 Å². The van der Waals surface area contributed by atoms with Crippen molar-refractivity contribution in [2.75, 3.05) is 6.54 Å². The third-order valence-electron chi connectivity index (χ3n) is 5.27. The van der Waals surface area contributed by atoms with Gasteiger partial charge in [-0.2, -0.15) is 13.8 Å². The average molecular weight is 347 g/mol. The van der Waals surface area contributed by atoms with E-state index < -0.39 is 12.3 Å². The predicted octanol–water partition coefficient (Wildman–Crippen LogP) is 4.08. The van der Waals surface area contributed by atoms with Crippen LogP contribution in [0.5, 0.6) is 0 Å². The Morgan fingerprint density at radius 2 is 1.92 bits per heavy atom. The van der Waals surface area contributed by atoms with Gasteiger partial charge in [-0.3, -0.25) is 4.79 Å². The molecule has 2 aliphatic rings. The lowest BCUT2D eigenvalue weighted by Gasteiger charge is -2.37. The zero-order valence-electron chi connectivity index (χ0n) is 13.7. The normalized spacial score (nSPS) is 20.9. The molecular weight excluding hydrogens is 328 g/mol. The summed E-state index contributed by atoms with van der Waals surface area (Å²) in [6, 6.07) is 7.11. The minimum Gasteiger partial charge on any atom is -0.335 e. The van der Waals surface area contributed by atoms with Crippen molar-refractivity contribution >= 4 is 5.91 Å². The monoisotopic (exact) mass is 347 g/mol. The van der Waals surface area contributed by atoms with Gasteiger partial charge in [-0.05, 0) is 43.7 Å². The third kappa shape index (κ3) is 3.03. The van der Waals surface area contributed by atoms with Gasteiger partial charge < -0.3 is 9.42 Å². The van der Waals surface area contributed by atoms with E-state index in [1.807, 2.05) is 4.90 Å². The maximum atomic E-state index is 12.8. The fourth-order valence-electron chi connectivity index (χ4n) is 3.73. The van der Waals surface area contributed by atoms with Crippen LogP contribution in [0, 0.1) is 5.92 Å². The summed E-state index contributed by atoms with van der Waals surface area (Å²) in [5.41, 5.74) is 1.15. The standard InChI is InChI=1S/C18H19F2N3O2/c19-15(20)17-21-16(22-25-17)12-6-8-13(9-7-12)18(24)23-10-2-5-14(23)11-3-1-4-11/h6-9,11,14-15H,1-5,10H2/t14-/m0/s1. The van der Waals surface area contributed by atoms with Crippen molar-refractivity contribution in [1.82, 2.24) is 15.0 Å². The van der Waals surface area contributed by atoms with Gasteiger partial charge in [-0.15, -0.1) is 0 Å². The van der Waals surface area contributed by atoms with Crippen molar-refractivity contribution in [2.24, 2.45) is 5.92 Å². The number of alkyl halides is 2. The number of nitrogens with zero attached hydrogens (tertiary/aromatic N) is 3. The smallest absolute Gasteiger partial charge is 0.315 e. The molecule has 1 aromatic heterocycles. The van der Waals surface area contributed by atoms with E-state index in [4.69, 9.17) is 0 Å². The Balaban J connectivity index is 1.50. The second kappa shape index (κ2) is 6.54. The molecule has 1 aliphatic carbocycles. The molecule has 0 bridgehead atoms. The van der Waals surface area contributed by atoms with Crippen LogP contribution in [0.15, 0.2) is 28.8 Å². The molecule has 0 N–H and O–H groups in total. The van der Waals surface area contributed by atoms with Crippen molar-refractivity contribution in [2.45, 2.75) is 44.6 Å². The quantitative estimate of drug-likeness (QED) is 0.836. The Hall–Kier alpha value is -2.31. The first-order valence-corrected chi connectivity index (χ1v) is 8.66. The van der Waals surface area contributed by atoms with E-state index >= 15 is 0 Å². The van der Waals surface area contributed by atoms with Crippen LogP contribution in [0.4, 0.5) is 8.78 Å². The summed E-state index contributed by atoms with van der Waals surface area (Å²) in [4.78, 5) is 18.5. The second-order valence-corrected chi connectivity index (χ2v) is 6.73. The zero-order valence-corrected chi connectivity index (χ0v) is 13.7. The summed E-state index contributed by atoms with van der Waals surface area (Å²) in [7, 11) is 0. The molecule has 25 heavy (non-hydrogen) atoms. The van der Waals surface area contributed by atoms with Crippen molar-refractivity contribution < 1.29 is 18.1 Å². The van der Waals surface area contributed by atoms with Gasteiger partial charge >= 0.3 is 6.43 Å². The van der Waals surface area contributed by atoms with Crippen LogP contribution >= 0.6 is 0 Å². The van der Waals surface area contributed by atoms with Gasteiger partial charge in [0.25, 0.3) is 11.8 Å². The van der Waals surface area contributed by atoms with Crippen molar-refractivity contribution in [3.63, 3.8) is 0 Å². The lowest BCUT2D eigenvalue weighted by molar-refractivity contribution is 0.0626. The molecule has 1 atom stereocenters. The molecule has 1 saturated heterocycles. The van der Waals surface area contributed by atoms with Crippen LogP contribution in [0.2, 0.25) is 0 Å². The van der Waals surface area contributed by atoms with Gasteiger partial charge in [0.15, 0.2) is 0 Å². The van der Waals surface area contributed by atoms with Crippen molar-refractivity contribution in [3.8, 4) is 11.4 Å². The van der Waals surface area contributed by atoms with Crippen molar-refractivity contribution in [3.05, 3.63) is 35.7 Å². The van der Waals surface area contributed by atoms with E-state index in [1.54, 1.807) is 24.3 Å². The summed E-state index contributed by atoms with van der Waals surface area (Å²) < 4.78 is 29.6. The minimum atomic E-state index is -2.79. The maximum Gasteiger partial charge on any atom is 0.315 e. The molecule has 1 saturated carbocycles. The number of carbonyl (C=O) groups excluding carboxylic acids is 1. The predicted molar refractivity (Wildman–Crippen MR) is 86.1 cm³/mol. The third-order valence-corrected chi connectivity index (χ3v) is 5.27. The fraction of sp³-hybridized carbons (Fsp3) is 0.500. The highest BCUT2D eigenvalue weighted by Gasteiger charge is 2.37. The summed E-state index contributed by atoms with van der Waals surface area (Å²) in [5.74, 6) is 0.0959. The second-order valence-electron chi connectivity index (χ2n) is 6.73. The molecule has 1 aromatic carbocycles. The largest absolute Gasteiger partial charge is 0.335 e. The number of hydrogen-bond donors (Lipinski definition) is 0. The molecule has 5 nitrogen and oxygen atoms in total. The maximum absolute atomic E-state index is 12.8. The fourth-order valence-corrected chi connectivity index (χ4v) is 3.73. The van der Waals surface area contributed by atoms with Crippen LogP contribution < -0.4 is 0 Å². The summed E-state index contributed by atoms with van der Waals surface area (Å²) >= 11 is 0. The molecule has 132 valence electrons. The molecule has 1 aliphatic heterocycles. The summed E-state index contributed by atoms with van der Waals surface area (Å²) in [6.07, 6.45) is 3.07. The summed E-state index contributed by atoms with van der Waals surface area (Å²) in [5, 5.41) is 3.55. The number of likely N-dealkylation sites (tertiary alicyclic amines) is 1. The number of rotatable bonds is 4. The number of aromatic nitrogens is 2. The van der Waals surface area contributed by atoms with Crippen LogP contribution in [0.25, 0.3) is 11.4 Å². The Kier molecular flexibility index (Phi) is 4.23. The molecule has 2 aromatic rings. The van der Waals surface area contributed by atoms with E-state index in [0.717, 1.165) is 19.4 Å². The van der Waals surface area contributed by atoms with Gasteiger partial charge in [0.1, 0.15) is 0 Å². The van der Waals surface area contributed by atoms with E-state index in [1.165, 1.54) is 19.3 Å². The number of amides is 1. The Bertz CT molecular complexity index is 756. The summed E-state index contributed by atoms with van der Waals surface area (Å²) in [6.45, 7) is 0.810. The topological polar surface area (TPSA) is 59.2 Å². The molecule has 0 unspecified atom stereocenters. The number of benzene rings is 1. The molecule has 2 fully saturated rings. The molecule has 1 amide bonds. The molecule has 4 rings (SSSR count). The Morgan fingerprint density at radius 3 is 2.52 bits per heavy atom. The molecule has 0 spiro atoms. The number of hydrogen-bond acceptors (Lipinski definition) is 4. The SMILES string of the molecule is O=C(c1ccc(-c2noc(C(F)F)n2)cc1)N1CCC[C@H]1C1CCC1. The van der Waals surface area contributed by atoms with Gasteiger partial charge in [0.2, 0.25) is 5.82 Å². The number of halogens is 2. The molecule has 2 heterocycles. The first kappa shape index (κ1) is 16.2. The van der Waals surface area contributed by atoms with Crippen LogP contribution in [-0.4, -0.2) is 33.5 Å². The highest BCUT2D eigenvalue weighted by atomic mass is 19.3. The van der Waals surface area contributed by atoms with Gasteiger partial charge in [-0.1, -0.05) is 23.7 Å². The Labute approximate surface area is 144 Å². The highest BCUT2D eigenvalue weighted by Crippen LogP contribution is 2.37. The van der Waals surface area contributed by atoms with E-state index in [9.17, 15) is 13.6 Å². The van der Waals surface area contributed by atoms with Gasteiger partial charge in [0.05, 0.1) is 0 Å².